The molecule has 3 heteroatoms. The van der Waals surface area contributed by atoms with Gasteiger partial charge in [-0.05, 0) is 38.6 Å². The summed E-state index contributed by atoms with van der Waals surface area (Å²) < 4.78 is 0. The van der Waals surface area contributed by atoms with E-state index in [9.17, 15) is 5.11 Å². The highest BCUT2D eigenvalue weighted by Gasteiger charge is 2.45. The second kappa shape index (κ2) is 6.97. The molecule has 2 aliphatic carbocycles. The molecular formula is C18H34N2O. The van der Waals surface area contributed by atoms with Gasteiger partial charge in [-0.2, -0.15) is 0 Å². The van der Waals surface area contributed by atoms with Gasteiger partial charge in [0, 0.05) is 38.6 Å². The van der Waals surface area contributed by atoms with Crippen LogP contribution in [0.5, 0.6) is 0 Å². The summed E-state index contributed by atoms with van der Waals surface area (Å²) in [5.74, 6) is 1.11. The van der Waals surface area contributed by atoms with E-state index in [0.29, 0.717) is 11.8 Å². The molecule has 2 saturated carbocycles. The Bertz CT molecular complexity index is 321. The first-order valence-electron chi connectivity index (χ1n) is 9.32. The van der Waals surface area contributed by atoms with Crippen LogP contribution in [-0.4, -0.2) is 60.3 Å². The van der Waals surface area contributed by atoms with Crippen LogP contribution in [0, 0.1) is 11.8 Å². The topological polar surface area (TPSA) is 26.7 Å². The molecule has 3 nitrogen and oxygen atoms in total. The van der Waals surface area contributed by atoms with Gasteiger partial charge in [-0.25, -0.2) is 0 Å². The van der Waals surface area contributed by atoms with Crippen LogP contribution in [0.1, 0.15) is 57.8 Å². The van der Waals surface area contributed by atoms with Crippen molar-refractivity contribution in [2.45, 2.75) is 63.4 Å². The fourth-order valence-corrected chi connectivity index (χ4v) is 4.98. The summed E-state index contributed by atoms with van der Waals surface area (Å²) >= 11 is 0. The second-order valence-electron chi connectivity index (χ2n) is 7.87. The molecule has 0 aromatic heterocycles. The van der Waals surface area contributed by atoms with Crippen LogP contribution < -0.4 is 0 Å². The molecule has 0 aromatic carbocycles. The van der Waals surface area contributed by atoms with Gasteiger partial charge >= 0.3 is 0 Å². The Labute approximate surface area is 130 Å². The first-order chi connectivity index (χ1) is 10.2. The average molecular weight is 294 g/mol. The Kier molecular flexibility index (Phi) is 5.23. The molecule has 3 rings (SSSR count). The van der Waals surface area contributed by atoms with Gasteiger partial charge in [0.15, 0.2) is 0 Å². The Balaban J connectivity index is 1.63. The normalized spacial score (nSPS) is 37.7. The molecule has 3 aliphatic rings. The third kappa shape index (κ3) is 3.62. The molecule has 2 atom stereocenters. The summed E-state index contributed by atoms with van der Waals surface area (Å²) in [7, 11) is 2.22. The van der Waals surface area contributed by atoms with Gasteiger partial charge < -0.3 is 14.9 Å². The predicted octanol–water partition coefficient (Wildman–Crippen LogP) is 2.74. The molecule has 1 saturated heterocycles. The molecule has 0 radical (unpaired) electrons. The molecule has 122 valence electrons. The lowest BCUT2D eigenvalue weighted by Crippen LogP contribution is -2.54. The first-order valence-corrected chi connectivity index (χ1v) is 9.32. The van der Waals surface area contributed by atoms with Crippen molar-refractivity contribution >= 4 is 0 Å². The number of piperazine rings is 1. The number of rotatable bonds is 3. The van der Waals surface area contributed by atoms with Crippen LogP contribution in [0.3, 0.4) is 0 Å². The Morgan fingerprint density at radius 3 is 2.29 bits per heavy atom. The van der Waals surface area contributed by atoms with Gasteiger partial charge in [-0.15, -0.1) is 0 Å². The van der Waals surface area contributed by atoms with Gasteiger partial charge in [0.1, 0.15) is 0 Å². The molecule has 3 fully saturated rings. The number of aliphatic hydroxyl groups is 1. The minimum absolute atomic E-state index is 0.345. The standard InChI is InChI=1S/C18H34N2O/c1-19-11-13-20(14-12-19)15-17-9-5-6-10-18(17,21)16-7-3-2-4-8-16/h16-17,21H,2-15H2,1H3. The van der Waals surface area contributed by atoms with Crippen LogP contribution in [-0.2, 0) is 0 Å². The SMILES string of the molecule is CN1CCN(CC2CCCCC2(O)C2CCCCC2)CC1. The predicted molar refractivity (Wildman–Crippen MR) is 87.4 cm³/mol. The molecule has 0 aromatic rings. The third-order valence-corrected chi connectivity index (χ3v) is 6.47. The van der Waals surface area contributed by atoms with E-state index < -0.39 is 0 Å². The van der Waals surface area contributed by atoms with Gasteiger partial charge in [-0.1, -0.05) is 32.1 Å². The highest BCUT2D eigenvalue weighted by molar-refractivity contribution is 4.97. The molecule has 0 spiro atoms. The number of hydrogen-bond acceptors (Lipinski definition) is 3. The van der Waals surface area contributed by atoms with E-state index in [1.54, 1.807) is 0 Å². The van der Waals surface area contributed by atoms with Crippen molar-refractivity contribution in [3.63, 3.8) is 0 Å². The van der Waals surface area contributed by atoms with Crippen LogP contribution in [0.25, 0.3) is 0 Å². The van der Waals surface area contributed by atoms with E-state index in [1.165, 1.54) is 77.5 Å². The third-order valence-electron chi connectivity index (χ3n) is 6.47. The lowest BCUT2D eigenvalue weighted by molar-refractivity contribution is -0.113. The summed E-state index contributed by atoms with van der Waals surface area (Å²) in [6, 6.07) is 0. The van der Waals surface area contributed by atoms with Crippen LogP contribution in [0.2, 0.25) is 0 Å². The van der Waals surface area contributed by atoms with E-state index in [2.05, 4.69) is 16.8 Å². The van der Waals surface area contributed by atoms with Crippen LogP contribution in [0.4, 0.5) is 0 Å². The molecular weight excluding hydrogens is 260 g/mol. The van der Waals surface area contributed by atoms with Crippen molar-refractivity contribution in [3.8, 4) is 0 Å². The lowest BCUT2D eigenvalue weighted by Gasteiger charge is -2.49. The second-order valence-corrected chi connectivity index (χ2v) is 7.87. The van der Waals surface area contributed by atoms with E-state index in [1.807, 2.05) is 0 Å². The zero-order chi connectivity index (χ0) is 14.7. The van der Waals surface area contributed by atoms with Crippen LogP contribution in [0.15, 0.2) is 0 Å². The van der Waals surface area contributed by atoms with Crippen molar-refractivity contribution in [3.05, 3.63) is 0 Å². The van der Waals surface area contributed by atoms with Crippen molar-refractivity contribution < 1.29 is 5.11 Å². The molecule has 0 bridgehead atoms. The fourth-order valence-electron chi connectivity index (χ4n) is 4.98. The van der Waals surface area contributed by atoms with E-state index in [0.717, 1.165) is 13.0 Å². The zero-order valence-electron chi connectivity index (χ0n) is 13.9. The average Bonchev–Trinajstić information content (AvgIpc) is 2.53. The molecule has 1 N–H and O–H groups in total. The van der Waals surface area contributed by atoms with Gasteiger partial charge in [0.2, 0.25) is 0 Å². The largest absolute Gasteiger partial charge is 0.389 e. The van der Waals surface area contributed by atoms with Gasteiger partial charge in [0.05, 0.1) is 5.60 Å². The molecule has 21 heavy (non-hydrogen) atoms. The monoisotopic (exact) mass is 294 g/mol. The van der Waals surface area contributed by atoms with Crippen LogP contribution >= 0.6 is 0 Å². The summed E-state index contributed by atoms with van der Waals surface area (Å²) in [6.07, 6.45) is 11.5. The highest BCUT2D eigenvalue weighted by Crippen LogP contribution is 2.45. The van der Waals surface area contributed by atoms with Crippen molar-refractivity contribution in [2.75, 3.05) is 39.8 Å². The Hall–Kier alpha value is -0.120. The summed E-state index contributed by atoms with van der Waals surface area (Å²) in [5.41, 5.74) is -0.345. The lowest BCUT2D eigenvalue weighted by atomic mass is 9.64. The maximum Gasteiger partial charge on any atom is 0.0716 e. The summed E-state index contributed by atoms with van der Waals surface area (Å²) in [5, 5.41) is 11.5. The zero-order valence-corrected chi connectivity index (χ0v) is 13.9. The quantitative estimate of drug-likeness (QED) is 0.867. The highest BCUT2D eigenvalue weighted by atomic mass is 16.3. The van der Waals surface area contributed by atoms with Crippen molar-refractivity contribution in [1.29, 1.82) is 0 Å². The van der Waals surface area contributed by atoms with Gasteiger partial charge in [0.25, 0.3) is 0 Å². The number of likely N-dealkylation sites (N-methyl/N-ethyl adjacent to an activating group) is 1. The minimum Gasteiger partial charge on any atom is -0.389 e. The van der Waals surface area contributed by atoms with Crippen molar-refractivity contribution in [2.24, 2.45) is 11.8 Å². The summed E-state index contributed by atoms with van der Waals surface area (Å²) in [4.78, 5) is 5.04. The minimum atomic E-state index is -0.345. The van der Waals surface area contributed by atoms with E-state index in [4.69, 9.17) is 0 Å². The maximum absolute atomic E-state index is 11.5. The fraction of sp³-hybridized carbons (Fsp3) is 1.00. The molecule has 1 heterocycles. The smallest absolute Gasteiger partial charge is 0.0716 e. The maximum atomic E-state index is 11.5. The molecule has 0 amide bonds. The van der Waals surface area contributed by atoms with Gasteiger partial charge in [-0.3, -0.25) is 0 Å². The first kappa shape index (κ1) is 15.8. The summed E-state index contributed by atoms with van der Waals surface area (Å²) in [6.45, 7) is 5.89. The van der Waals surface area contributed by atoms with E-state index >= 15 is 0 Å². The Morgan fingerprint density at radius 2 is 1.57 bits per heavy atom. The Morgan fingerprint density at radius 1 is 0.905 bits per heavy atom. The number of nitrogens with zero attached hydrogens (tertiary/aromatic N) is 2. The van der Waals surface area contributed by atoms with Crippen molar-refractivity contribution in [1.82, 2.24) is 9.80 Å². The molecule has 2 unspecified atom stereocenters. The molecule has 1 aliphatic heterocycles. The van der Waals surface area contributed by atoms with E-state index in [-0.39, 0.29) is 5.60 Å². The number of hydrogen-bond donors (Lipinski definition) is 1.